The summed E-state index contributed by atoms with van der Waals surface area (Å²) in [5, 5.41) is 11.4. The van der Waals surface area contributed by atoms with Gasteiger partial charge in [0, 0.05) is 10.9 Å². The number of hydrogen-bond acceptors (Lipinski definition) is 4. The number of aromatic nitrogens is 1. The lowest BCUT2D eigenvalue weighted by molar-refractivity contribution is 0.161. The molecule has 72 valence electrons. The second-order valence-corrected chi connectivity index (χ2v) is 3.77. The van der Waals surface area contributed by atoms with Gasteiger partial charge in [0.25, 0.3) is 0 Å². The molecule has 3 nitrogen and oxygen atoms in total. The quantitative estimate of drug-likeness (QED) is 0.757. The molecule has 0 unspecified atom stereocenters. The number of nitrogens with one attached hydrogen (secondary N) is 1. The second-order valence-electron chi connectivity index (χ2n) is 2.83. The highest BCUT2D eigenvalue weighted by Crippen LogP contribution is 2.21. The first-order chi connectivity index (χ1) is 6.90. The van der Waals surface area contributed by atoms with E-state index in [4.69, 9.17) is 5.21 Å². The van der Waals surface area contributed by atoms with Crippen LogP contribution in [0.15, 0.2) is 35.7 Å². The Bertz CT molecular complexity index is 400. The lowest BCUT2D eigenvalue weighted by Gasteiger charge is -1.94. The van der Waals surface area contributed by atoms with Gasteiger partial charge in [0.1, 0.15) is 5.01 Å². The number of benzene rings is 1. The van der Waals surface area contributed by atoms with Crippen LogP contribution in [0.4, 0.5) is 0 Å². The van der Waals surface area contributed by atoms with Gasteiger partial charge in [-0.3, -0.25) is 0 Å². The van der Waals surface area contributed by atoms with E-state index in [2.05, 4.69) is 10.5 Å². The van der Waals surface area contributed by atoms with Gasteiger partial charge in [0.05, 0.1) is 12.2 Å². The molecule has 0 spiro atoms. The van der Waals surface area contributed by atoms with Crippen molar-refractivity contribution in [2.24, 2.45) is 0 Å². The minimum atomic E-state index is 0.400. The lowest BCUT2D eigenvalue weighted by atomic mass is 10.2. The van der Waals surface area contributed by atoms with Gasteiger partial charge in [0.2, 0.25) is 0 Å². The van der Waals surface area contributed by atoms with Crippen molar-refractivity contribution in [2.75, 3.05) is 0 Å². The summed E-state index contributed by atoms with van der Waals surface area (Å²) >= 11 is 1.54. The molecule has 0 saturated heterocycles. The first kappa shape index (κ1) is 9.33. The summed E-state index contributed by atoms with van der Waals surface area (Å²) in [6.45, 7) is 0.400. The smallest absolute Gasteiger partial charge is 0.109 e. The van der Waals surface area contributed by atoms with Crippen molar-refractivity contribution in [3.05, 3.63) is 40.7 Å². The van der Waals surface area contributed by atoms with Crippen molar-refractivity contribution in [2.45, 2.75) is 6.54 Å². The monoisotopic (exact) mass is 206 g/mol. The van der Waals surface area contributed by atoms with E-state index in [-0.39, 0.29) is 0 Å². The number of hydrogen-bond donors (Lipinski definition) is 2. The third-order valence-corrected chi connectivity index (χ3v) is 2.70. The summed E-state index contributed by atoms with van der Waals surface area (Å²) < 4.78 is 0. The molecule has 0 aliphatic heterocycles. The largest absolute Gasteiger partial charge is 0.316 e. The molecule has 1 aromatic heterocycles. The molecule has 1 heterocycles. The molecule has 1 aromatic carbocycles. The van der Waals surface area contributed by atoms with E-state index in [1.54, 1.807) is 0 Å². The maximum Gasteiger partial charge on any atom is 0.109 e. The third kappa shape index (κ3) is 1.98. The number of nitrogens with zero attached hydrogens (tertiary/aromatic N) is 1. The molecule has 14 heavy (non-hydrogen) atoms. The second kappa shape index (κ2) is 4.32. The Labute approximate surface area is 86.0 Å². The normalized spacial score (nSPS) is 10.4. The summed E-state index contributed by atoms with van der Waals surface area (Å²) in [5.74, 6) is 0. The number of thiazole rings is 1. The van der Waals surface area contributed by atoms with E-state index in [9.17, 15) is 0 Å². The predicted molar refractivity (Wildman–Crippen MR) is 56.2 cm³/mol. The van der Waals surface area contributed by atoms with Gasteiger partial charge >= 0.3 is 0 Å². The molecule has 0 radical (unpaired) electrons. The van der Waals surface area contributed by atoms with Crippen LogP contribution in [-0.4, -0.2) is 10.2 Å². The molecule has 0 aliphatic rings. The van der Waals surface area contributed by atoms with Crippen LogP contribution in [0.5, 0.6) is 0 Å². The molecule has 4 heteroatoms. The molecule has 0 atom stereocenters. The van der Waals surface area contributed by atoms with Crippen molar-refractivity contribution in [3.63, 3.8) is 0 Å². The number of hydroxylamine groups is 1. The van der Waals surface area contributed by atoms with Crippen LogP contribution in [0.25, 0.3) is 11.3 Å². The van der Waals surface area contributed by atoms with E-state index in [1.165, 1.54) is 11.3 Å². The predicted octanol–water partition coefficient (Wildman–Crippen LogP) is 2.29. The van der Waals surface area contributed by atoms with Gasteiger partial charge < -0.3 is 5.21 Å². The summed E-state index contributed by atoms with van der Waals surface area (Å²) in [6.07, 6.45) is 0. The molecular formula is C10H10N2OS. The zero-order valence-electron chi connectivity index (χ0n) is 7.47. The van der Waals surface area contributed by atoms with Crippen LogP contribution in [0.1, 0.15) is 5.01 Å². The van der Waals surface area contributed by atoms with Crippen molar-refractivity contribution in [1.82, 2.24) is 10.5 Å². The topological polar surface area (TPSA) is 45.1 Å². The van der Waals surface area contributed by atoms with E-state index in [0.29, 0.717) is 6.54 Å². The van der Waals surface area contributed by atoms with Crippen LogP contribution in [-0.2, 0) is 6.54 Å². The van der Waals surface area contributed by atoms with E-state index in [1.807, 2.05) is 35.7 Å². The Morgan fingerprint density at radius 3 is 2.79 bits per heavy atom. The van der Waals surface area contributed by atoms with Crippen LogP contribution in [0.3, 0.4) is 0 Å². The minimum Gasteiger partial charge on any atom is -0.316 e. The average molecular weight is 206 g/mol. The van der Waals surface area contributed by atoms with Crippen LogP contribution >= 0.6 is 11.3 Å². The molecule has 0 amide bonds. The molecule has 2 rings (SSSR count). The maximum absolute atomic E-state index is 8.52. The Kier molecular flexibility index (Phi) is 2.88. The van der Waals surface area contributed by atoms with Gasteiger partial charge in [-0.25, -0.2) is 4.98 Å². The average Bonchev–Trinajstić information content (AvgIpc) is 2.68. The van der Waals surface area contributed by atoms with Gasteiger partial charge in [0.15, 0.2) is 0 Å². The molecule has 0 fully saturated rings. The Hall–Kier alpha value is -1.23. The molecule has 2 aromatic rings. The highest BCUT2D eigenvalue weighted by atomic mass is 32.1. The molecule has 0 bridgehead atoms. The zero-order valence-corrected chi connectivity index (χ0v) is 8.29. The van der Waals surface area contributed by atoms with Crippen molar-refractivity contribution >= 4 is 11.3 Å². The van der Waals surface area contributed by atoms with Crippen molar-refractivity contribution in [1.29, 1.82) is 0 Å². The minimum absolute atomic E-state index is 0.400. The number of rotatable bonds is 3. The molecular weight excluding hydrogens is 196 g/mol. The highest BCUT2D eigenvalue weighted by molar-refractivity contribution is 7.09. The maximum atomic E-state index is 8.52. The van der Waals surface area contributed by atoms with Crippen molar-refractivity contribution < 1.29 is 5.21 Å². The zero-order chi connectivity index (χ0) is 9.80. The first-order valence-corrected chi connectivity index (χ1v) is 5.15. The molecule has 0 aliphatic carbocycles. The fourth-order valence-electron chi connectivity index (χ4n) is 1.20. The van der Waals surface area contributed by atoms with Crippen LogP contribution < -0.4 is 5.48 Å². The molecule has 2 N–H and O–H groups in total. The van der Waals surface area contributed by atoms with Gasteiger partial charge in [-0.05, 0) is 0 Å². The molecule has 0 saturated carbocycles. The Morgan fingerprint density at radius 2 is 2.07 bits per heavy atom. The Balaban J connectivity index is 2.25. The van der Waals surface area contributed by atoms with Crippen LogP contribution in [0, 0.1) is 0 Å². The standard InChI is InChI=1S/C10H10N2OS/c13-11-6-10-12-9(7-14-10)8-4-2-1-3-5-8/h1-5,7,11,13H,6H2. The third-order valence-electron chi connectivity index (χ3n) is 1.85. The first-order valence-electron chi connectivity index (χ1n) is 4.27. The van der Waals surface area contributed by atoms with Crippen LogP contribution in [0.2, 0.25) is 0 Å². The lowest BCUT2D eigenvalue weighted by Crippen LogP contribution is -2.05. The Morgan fingerprint density at radius 1 is 1.29 bits per heavy atom. The van der Waals surface area contributed by atoms with Crippen molar-refractivity contribution in [3.8, 4) is 11.3 Å². The summed E-state index contributed by atoms with van der Waals surface area (Å²) in [7, 11) is 0. The highest BCUT2D eigenvalue weighted by Gasteiger charge is 2.02. The van der Waals surface area contributed by atoms with E-state index >= 15 is 0 Å². The summed E-state index contributed by atoms with van der Waals surface area (Å²) in [5.41, 5.74) is 4.16. The van der Waals surface area contributed by atoms with Gasteiger partial charge in [-0.1, -0.05) is 30.3 Å². The van der Waals surface area contributed by atoms with E-state index < -0.39 is 0 Å². The fraction of sp³-hybridized carbons (Fsp3) is 0.100. The summed E-state index contributed by atoms with van der Waals surface area (Å²) in [6, 6.07) is 9.99. The SMILES string of the molecule is ONCc1nc(-c2ccccc2)cs1. The van der Waals surface area contributed by atoms with E-state index in [0.717, 1.165) is 16.3 Å². The van der Waals surface area contributed by atoms with Gasteiger partial charge in [-0.15, -0.1) is 11.3 Å². The fourth-order valence-corrected chi connectivity index (χ4v) is 1.94. The summed E-state index contributed by atoms with van der Waals surface area (Å²) in [4.78, 5) is 4.37. The van der Waals surface area contributed by atoms with Gasteiger partial charge in [-0.2, -0.15) is 5.48 Å².